The molecule has 66 valence electrons. The molecular weight excluding hydrogens is 146 g/mol. The number of unbranched alkanes of at least 4 members (excludes halogenated alkanes) is 1. The summed E-state index contributed by atoms with van der Waals surface area (Å²) in [6, 6.07) is 3.15. The van der Waals surface area contributed by atoms with Crippen molar-refractivity contribution in [2.24, 2.45) is 5.92 Å². The third-order valence-electron chi connectivity index (χ3n) is 2.08. The van der Waals surface area contributed by atoms with Crippen molar-refractivity contribution in [3.63, 3.8) is 0 Å². The fourth-order valence-electron chi connectivity index (χ4n) is 1.16. The van der Waals surface area contributed by atoms with E-state index in [4.69, 9.17) is 0 Å². The summed E-state index contributed by atoms with van der Waals surface area (Å²) in [5, 5.41) is 0. The standard InChI is InChI=1S/C11H17N/c1-3-5-8-12-9-6-11(4-2)7-10-12/h6,9,11H,3-5,8H2,1-2H3. The van der Waals surface area contributed by atoms with Gasteiger partial charge in [0.05, 0.1) is 0 Å². The van der Waals surface area contributed by atoms with Crippen LogP contribution in [0.1, 0.15) is 33.1 Å². The molecule has 0 N–H and O–H groups in total. The van der Waals surface area contributed by atoms with Gasteiger partial charge in [0, 0.05) is 24.7 Å². The van der Waals surface area contributed by atoms with E-state index in [1.807, 2.05) is 0 Å². The van der Waals surface area contributed by atoms with Crippen molar-refractivity contribution < 1.29 is 0 Å². The molecule has 0 radical (unpaired) electrons. The lowest BCUT2D eigenvalue weighted by atomic mass is 10.1. The number of hydrogen-bond donors (Lipinski definition) is 0. The van der Waals surface area contributed by atoms with Crippen molar-refractivity contribution in [3.05, 3.63) is 12.3 Å². The van der Waals surface area contributed by atoms with Crippen LogP contribution in [0.25, 0.3) is 0 Å². The molecule has 0 spiro atoms. The first-order valence-electron chi connectivity index (χ1n) is 4.83. The molecule has 0 aromatic carbocycles. The first-order chi connectivity index (χ1) is 5.86. The minimum atomic E-state index is 0.489. The smallest absolute Gasteiger partial charge is 0.0415 e. The van der Waals surface area contributed by atoms with E-state index in [0.29, 0.717) is 5.92 Å². The van der Waals surface area contributed by atoms with E-state index in [0.717, 1.165) is 13.0 Å². The highest BCUT2D eigenvalue weighted by molar-refractivity contribution is 5.16. The number of rotatable bonds is 4. The van der Waals surface area contributed by atoms with Crippen LogP contribution in [-0.2, 0) is 0 Å². The number of nitrogens with zero attached hydrogens (tertiary/aromatic N) is 1. The normalized spacial score (nSPS) is 20.5. The maximum atomic E-state index is 3.22. The average molecular weight is 163 g/mol. The Morgan fingerprint density at radius 3 is 2.75 bits per heavy atom. The molecule has 1 aliphatic rings. The molecule has 12 heavy (non-hydrogen) atoms. The highest BCUT2D eigenvalue weighted by atomic mass is 15.1. The molecule has 1 atom stereocenters. The minimum absolute atomic E-state index is 0.489. The molecule has 1 heteroatoms. The zero-order valence-electron chi connectivity index (χ0n) is 8.01. The zero-order valence-corrected chi connectivity index (χ0v) is 8.01. The van der Waals surface area contributed by atoms with Crippen LogP contribution >= 0.6 is 0 Å². The van der Waals surface area contributed by atoms with Gasteiger partial charge in [-0.05, 0) is 12.8 Å². The summed E-state index contributed by atoms with van der Waals surface area (Å²) in [6.07, 6.45) is 7.93. The van der Waals surface area contributed by atoms with E-state index < -0.39 is 0 Å². The Hall–Kier alpha value is -0.900. The van der Waals surface area contributed by atoms with Crippen molar-refractivity contribution in [3.8, 4) is 12.0 Å². The van der Waals surface area contributed by atoms with Crippen molar-refractivity contribution in [2.75, 3.05) is 6.54 Å². The molecule has 0 aromatic rings. The van der Waals surface area contributed by atoms with Gasteiger partial charge < -0.3 is 4.90 Å². The quantitative estimate of drug-likeness (QED) is 0.576. The van der Waals surface area contributed by atoms with Gasteiger partial charge in [-0.2, -0.15) is 0 Å². The largest absolute Gasteiger partial charge is 0.309 e. The van der Waals surface area contributed by atoms with Crippen LogP contribution in [0.15, 0.2) is 12.3 Å². The topological polar surface area (TPSA) is 3.24 Å². The summed E-state index contributed by atoms with van der Waals surface area (Å²) < 4.78 is 0. The van der Waals surface area contributed by atoms with Crippen molar-refractivity contribution in [1.82, 2.24) is 4.90 Å². The van der Waals surface area contributed by atoms with Crippen LogP contribution < -0.4 is 0 Å². The van der Waals surface area contributed by atoms with Crippen LogP contribution in [0.4, 0.5) is 0 Å². The molecule has 1 aliphatic heterocycles. The van der Waals surface area contributed by atoms with Gasteiger partial charge in [-0.25, -0.2) is 0 Å². The molecule has 1 nitrogen and oxygen atoms in total. The number of hydrogen-bond acceptors (Lipinski definition) is 1. The van der Waals surface area contributed by atoms with E-state index in [1.165, 1.54) is 12.8 Å². The van der Waals surface area contributed by atoms with Crippen LogP contribution in [0.3, 0.4) is 0 Å². The van der Waals surface area contributed by atoms with Crippen LogP contribution in [-0.4, -0.2) is 11.4 Å². The van der Waals surface area contributed by atoms with Crippen molar-refractivity contribution in [1.29, 1.82) is 0 Å². The van der Waals surface area contributed by atoms with E-state index in [1.54, 1.807) is 0 Å². The van der Waals surface area contributed by atoms with Crippen LogP contribution in [0.5, 0.6) is 0 Å². The summed E-state index contributed by atoms with van der Waals surface area (Å²) in [5.74, 6) is 3.71. The molecule has 0 saturated heterocycles. The highest BCUT2D eigenvalue weighted by Crippen LogP contribution is 2.08. The van der Waals surface area contributed by atoms with Gasteiger partial charge in [0.2, 0.25) is 0 Å². The molecule has 1 unspecified atom stereocenters. The van der Waals surface area contributed by atoms with E-state index >= 15 is 0 Å². The Balaban J connectivity index is 2.34. The average Bonchev–Trinajstić information content (AvgIpc) is 2.15. The predicted molar refractivity (Wildman–Crippen MR) is 52.3 cm³/mol. The highest BCUT2D eigenvalue weighted by Gasteiger charge is 2.02. The second kappa shape index (κ2) is 4.87. The van der Waals surface area contributed by atoms with E-state index in [9.17, 15) is 0 Å². The number of allylic oxidation sites excluding steroid dienone is 1. The van der Waals surface area contributed by atoms with Gasteiger partial charge >= 0.3 is 0 Å². The Kier molecular flexibility index (Phi) is 3.73. The molecule has 1 rings (SSSR count). The summed E-state index contributed by atoms with van der Waals surface area (Å²) in [7, 11) is 0. The van der Waals surface area contributed by atoms with Crippen LogP contribution in [0, 0.1) is 17.9 Å². The minimum Gasteiger partial charge on any atom is -0.309 e. The lowest BCUT2D eigenvalue weighted by Gasteiger charge is -2.16. The van der Waals surface area contributed by atoms with Crippen molar-refractivity contribution in [2.45, 2.75) is 33.1 Å². The maximum absolute atomic E-state index is 3.22. The van der Waals surface area contributed by atoms with Gasteiger partial charge in [-0.1, -0.05) is 32.3 Å². The van der Waals surface area contributed by atoms with E-state index in [-0.39, 0.29) is 0 Å². The monoisotopic (exact) mass is 163 g/mol. The third-order valence-corrected chi connectivity index (χ3v) is 2.08. The molecule has 0 bridgehead atoms. The summed E-state index contributed by atoms with van der Waals surface area (Å²) >= 11 is 0. The van der Waals surface area contributed by atoms with Gasteiger partial charge in [-0.3, -0.25) is 0 Å². The predicted octanol–water partition coefficient (Wildman–Crippen LogP) is 2.60. The van der Waals surface area contributed by atoms with Gasteiger partial charge in [0.25, 0.3) is 0 Å². The molecule has 0 aromatic heterocycles. The molecule has 0 aliphatic carbocycles. The molecule has 0 fully saturated rings. The zero-order chi connectivity index (χ0) is 8.81. The lowest BCUT2D eigenvalue weighted by molar-refractivity contribution is 0.496. The Bertz CT molecular complexity index is 207. The summed E-state index contributed by atoms with van der Waals surface area (Å²) in [4.78, 5) is 2.09. The third kappa shape index (κ3) is 2.62. The summed E-state index contributed by atoms with van der Waals surface area (Å²) in [6.45, 7) is 5.46. The fraction of sp³-hybridized carbons (Fsp3) is 0.636. The maximum Gasteiger partial charge on any atom is 0.0415 e. The first kappa shape index (κ1) is 9.19. The van der Waals surface area contributed by atoms with Crippen molar-refractivity contribution >= 4 is 0 Å². The van der Waals surface area contributed by atoms with Crippen LogP contribution in [0.2, 0.25) is 0 Å². The first-order valence-corrected chi connectivity index (χ1v) is 4.83. The Morgan fingerprint density at radius 2 is 2.25 bits per heavy atom. The fourth-order valence-corrected chi connectivity index (χ4v) is 1.16. The molecular formula is C11H17N. The molecule has 0 amide bonds. The Morgan fingerprint density at radius 1 is 1.42 bits per heavy atom. The van der Waals surface area contributed by atoms with E-state index in [2.05, 4.69) is 43.0 Å². The second-order valence-corrected chi connectivity index (χ2v) is 3.16. The molecule has 1 heterocycles. The second-order valence-electron chi connectivity index (χ2n) is 3.16. The summed E-state index contributed by atoms with van der Waals surface area (Å²) in [5.41, 5.74) is 0. The SMILES string of the molecule is CCCCN1C#CC(CC)C=C1. The Labute approximate surface area is 75.5 Å². The molecule has 0 saturated carbocycles. The van der Waals surface area contributed by atoms with Gasteiger partial charge in [-0.15, -0.1) is 0 Å². The van der Waals surface area contributed by atoms with Gasteiger partial charge in [0.1, 0.15) is 0 Å². The van der Waals surface area contributed by atoms with Gasteiger partial charge in [0.15, 0.2) is 0 Å². The lowest BCUT2D eigenvalue weighted by Crippen LogP contribution is -2.15.